The molecular formula is C13H18BrN3O3. The number of ether oxygens (including phenoxy) is 1. The minimum Gasteiger partial charge on any atom is -0.394 e. The number of nitrogens with one attached hydrogen (secondary N) is 1. The third-order valence-corrected chi connectivity index (χ3v) is 3.56. The molecule has 1 fully saturated rings. The van der Waals surface area contributed by atoms with E-state index in [0.717, 1.165) is 4.47 Å². The predicted octanol–water partition coefficient (Wildman–Crippen LogP) is 1.11. The summed E-state index contributed by atoms with van der Waals surface area (Å²) in [7, 11) is 0. The van der Waals surface area contributed by atoms with E-state index >= 15 is 0 Å². The number of carbonyl (C=O) groups is 1. The maximum Gasteiger partial charge on any atom is 0.258 e. The summed E-state index contributed by atoms with van der Waals surface area (Å²) in [4.78, 5) is 18.6. The highest BCUT2D eigenvalue weighted by Crippen LogP contribution is 2.21. The molecule has 1 unspecified atom stereocenters. The van der Waals surface area contributed by atoms with Gasteiger partial charge in [0, 0.05) is 23.8 Å². The van der Waals surface area contributed by atoms with E-state index in [1.54, 1.807) is 17.2 Å². The molecule has 1 aliphatic rings. The summed E-state index contributed by atoms with van der Waals surface area (Å²) < 4.78 is 6.04. The van der Waals surface area contributed by atoms with E-state index in [2.05, 4.69) is 26.2 Å². The number of nitrogens with zero attached hydrogens (tertiary/aromatic N) is 2. The summed E-state index contributed by atoms with van der Waals surface area (Å²) in [6, 6.07) is 1.45. The Morgan fingerprint density at radius 1 is 1.70 bits per heavy atom. The van der Waals surface area contributed by atoms with Gasteiger partial charge < -0.3 is 20.1 Å². The summed E-state index contributed by atoms with van der Waals surface area (Å²) in [5.74, 6) is 0.418. The van der Waals surface area contributed by atoms with Crippen LogP contribution >= 0.6 is 15.9 Å². The van der Waals surface area contributed by atoms with E-state index < -0.39 is 0 Å². The number of halogens is 1. The molecule has 1 aromatic heterocycles. The van der Waals surface area contributed by atoms with Crippen molar-refractivity contribution in [3.05, 3.63) is 22.3 Å². The molecule has 1 amide bonds. The third kappa shape index (κ3) is 3.28. The topological polar surface area (TPSA) is 74.7 Å². The lowest BCUT2D eigenvalue weighted by atomic mass is 10.1. The number of hydrogen-bond donors (Lipinski definition) is 2. The smallest absolute Gasteiger partial charge is 0.258 e. The van der Waals surface area contributed by atoms with Gasteiger partial charge in [-0.25, -0.2) is 4.98 Å². The van der Waals surface area contributed by atoms with Crippen LogP contribution in [0.15, 0.2) is 16.7 Å². The minimum atomic E-state index is -0.301. The van der Waals surface area contributed by atoms with Crippen molar-refractivity contribution in [1.29, 1.82) is 0 Å². The van der Waals surface area contributed by atoms with Gasteiger partial charge in [0.1, 0.15) is 5.82 Å². The van der Waals surface area contributed by atoms with Gasteiger partial charge in [0.15, 0.2) is 0 Å². The number of rotatable bonds is 4. The second kappa shape index (κ2) is 7.01. The van der Waals surface area contributed by atoms with Crippen LogP contribution in [0.1, 0.15) is 17.3 Å². The Morgan fingerprint density at radius 2 is 2.50 bits per heavy atom. The van der Waals surface area contributed by atoms with Crippen molar-refractivity contribution in [2.45, 2.75) is 13.0 Å². The molecule has 7 heteroatoms. The lowest BCUT2D eigenvalue weighted by molar-refractivity contribution is -0.0183. The zero-order chi connectivity index (χ0) is 14.5. The summed E-state index contributed by atoms with van der Waals surface area (Å²) in [6.45, 7) is 3.84. The van der Waals surface area contributed by atoms with Crippen LogP contribution in [0.4, 0.5) is 5.82 Å². The van der Waals surface area contributed by atoms with Crippen LogP contribution in [-0.4, -0.2) is 59.8 Å². The zero-order valence-electron chi connectivity index (χ0n) is 11.3. The van der Waals surface area contributed by atoms with Crippen molar-refractivity contribution in [3.8, 4) is 0 Å². The molecule has 2 rings (SSSR count). The number of morpholine rings is 1. The van der Waals surface area contributed by atoms with E-state index in [1.807, 2.05) is 6.92 Å². The predicted molar refractivity (Wildman–Crippen MR) is 78.8 cm³/mol. The lowest BCUT2D eigenvalue weighted by Gasteiger charge is -2.34. The van der Waals surface area contributed by atoms with Crippen LogP contribution < -0.4 is 5.32 Å². The fraction of sp³-hybridized carbons (Fsp3) is 0.538. The average molecular weight is 344 g/mol. The Labute approximate surface area is 126 Å². The van der Waals surface area contributed by atoms with Crippen molar-refractivity contribution in [3.63, 3.8) is 0 Å². The van der Waals surface area contributed by atoms with Crippen LogP contribution in [-0.2, 0) is 4.74 Å². The number of amides is 1. The molecule has 1 saturated heterocycles. The van der Waals surface area contributed by atoms with Crippen LogP contribution in [0.3, 0.4) is 0 Å². The lowest BCUT2D eigenvalue weighted by Crippen LogP contribution is -2.50. The first-order valence-corrected chi connectivity index (χ1v) is 7.35. The van der Waals surface area contributed by atoms with Gasteiger partial charge >= 0.3 is 0 Å². The average Bonchev–Trinajstić information content (AvgIpc) is 2.48. The standard InChI is InChI=1S/C13H18BrN3O3/c1-2-15-12-11(5-9(14)6-16-12)13(19)17-3-4-20-8-10(17)7-18/h5-6,10,18H,2-4,7-8H2,1H3,(H,15,16). The molecule has 0 aliphatic carbocycles. The van der Waals surface area contributed by atoms with Gasteiger partial charge in [0.2, 0.25) is 0 Å². The highest BCUT2D eigenvalue weighted by molar-refractivity contribution is 9.10. The molecule has 0 saturated carbocycles. The number of anilines is 1. The second-order valence-electron chi connectivity index (χ2n) is 4.49. The van der Waals surface area contributed by atoms with Gasteiger partial charge in [-0.3, -0.25) is 4.79 Å². The normalized spacial score (nSPS) is 18.9. The van der Waals surface area contributed by atoms with E-state index in [0.29, 0.717) is 37.7 Å². The van der Waals surface area contributed by atoms with Crippen LogP contribution in [0.25, 0.3) is 0 Å². The maximum atomic E-state index is 12.7. The molecule has 0 radical (unpaired) electrons. The Balaban J connectivity index is 2.29. The number of hydrogen-bond acceptors (Lipinski definition) is 5. The Kier molecular flexibility index (Phi) is 5.33. The van der Waals surface area contributed by atoms with Crippen LogP contribution in [0, 0.1) is 0 Å². The summed E-state index contributed by atoms with van der Waals surface area (Å²) in [5, 5.41) is 12.5. The summed E-state index contributed by atoms with van der Waals surface area (Å²) in [5.41, 5.74) is 0.501. The Morgan fingerprint density at radius 3 is 3.20 bits per heavy atom. The molecule has 0 aromatic carbocycles. The molecule has 20 heavy (non-hydrogen) atoms. The third-order valence-electron chi connectivity index (χ3n) is 3.13. The van der Waals surface area contributed by atoms with E-state index in [-0.39, 0.29) is 18.6 Å². The quantitative estimate of drug-likeness (QED) is 0.856. The molecule has 2 N–H and O–H groups in total. The summed E-state index contributed by atoms with van der Waals surface area (Å²) >= 11 is 3.34. The largest absolute Gasteiger partial charge is 0.394 e. The second-order valence-corrected chi connectivity index (χ2v) is 5.41. The van der Waals surface area contributed by atoms with Crippen LogP contribution in [0.2, 0.25) is 0 Å². The number of pyridine rings is 1. The molecule has 1 aromatic rings. The number of aromatic nitrogens is 1. The molecule has 0 bridgehead atoms. The van der Waals surface area contributed by atoms with Crippen molar-refractivity contribution in [2.75, 3.05) is 38.2 Å². The van der Waals surface area contributed by atoms with E-state index in [1.165, 1.54) is 0 Å². The number of aliphatic hydroxyl groups is 1. The molecule has 1 atom stereocenters. The number of carbonyl (C=O) groups excluding carboxylic acids is 1. The fourth-order valence-electron chi connectivity index (χ4n) is 2.14. The number of aliphatic hydroxyl groups excluding tert-OH is 1. The molecule has 0 spiro atoms. The highest BCUT2D eigenvalue weighted by Gasteiger charge is 2.29. The van der Waals surface area contributed by atoms with Crippen molar-refractivity contribution < 1.29 is 14.6 Å². The molecular weight excluding hydrogens is 326 g/mol. The van der Waals surface area contributed by atoms with Gasteiger partial charge in [0.25, 0.3) is 5.91 Å². The first-order valence-electron chi connectivity index (χ1n) is 6.56. The van der Waals surface area contributed by atoms with Gasteiger partial charge in [-0.1, -0.05) is 0 Å². The van der Waals surface area contributed by atoms with Gasteiger partial charge in [-0.05, 0) is 28.9 Å². The SMILES string of the molecule is CCNc1ncc(Br)cc1C(=O)N1CCOCC1CO. The van der Waals surface area contributed by atoms with Crippen molar-refractivity contribution in [2.24, 2.45) is 0 Å². The van der Waals surface area contributed by atoms with Gasteiger partial charge in [-0.2, -0.15) is 0 Å². The highest BCUT2D eigenvalue weighted by atomic mass is 79.9. The first-order chi connectivity index (χ1) is 9.67. The van der Waals surface area contributed by atoms with Gasteiger partial charge in [-0.15, -0.1) is 0 Å². The van der Waals surface area contributed by atoms with Gasteiger partial charge in [0.05, 0.1) is 31.4 Å². The zero-order valence-corrected chi connectivity index (χ0v) is 12.9. The molecule has 1 aliphatic heterocycles. The molecule has 110 valence electrons. The van der Waals surface area contributed by atoms with E-state index in [9.17, 15) is 9.90 Å². The summed E-state index contributed by atoms with van der Waals surface area (Å²) in [6.07, 6.45) is 1.65. The Hall–Kier alpha value is -1.18. The fourth-order valence-corrected chi connectivity index (χ4v) is 2.47. The maximum absolute atomic E-state index is 12.7. The van der Waals surface area contributed by atoms with Crippen molar-refractivity contribution in [1.82, 2.24) is 9.88 Å². The van der Waals surface area contributed by atoms with Crippen LogP contribution in [0.5, 0.6) is 0 Å². The monoisotopic (exact) mass is 343 g/mol. The minimum absolute atomic E-state index is 0.107. The van der Waals surface area contributed by atoms with Crippen molar-refractivity contribution >= 4 is 27.7 Å². The van der Waals surface area contributed by atoms with E-state index in [4.69, 9.17) is 4.74 Å². The Bertz CT molecular complexity index is 484. The first kappa shape index (κ1) is 15.2. The molecule has 2 heterocycles. The molecule has 6 nitrogen and oxygen atoms in total.